The minimum atomic E-state index is -0.549. The van der Waals surface area contributed by atoms with Crippen LogP contribution in [-0.4, -0.2) is 12.0 Å². The van der Waals surface area contributed by atoms with Crippen molar-refractivity contribution in [3.63, 3.8) is 0 Å². The summed E-state index contributed by atoms with van der Waals surface area (Å²) in [6, 6.07) is 14.4. The molecule has 2 atom stereocenters. The van der Waals surface area contributed by atoms with Crippen LogP contribution in [0.5, 0.6) is 5.75 Å². The molecule has 0 fully saturated rings. The molecule has 0 radical (unpaired) electrons. The van der Waals surface area contributed by atoms with Gasteiger partial charge in [-0.25, -0.2) is 0 Å². The van der Waals surface area contributed by atoms with Gasteiger partial charge >= 0.3 is 0 Å². The summed E-state index contributed by atoms with van der Waals surface area (Å²) >= 11 is 0. The molecule has 0 saturated heterocycles. The molecule has 0 saturated carbocycles. The molecule has 140 valence electrons. The normalized spacial score (nSPS) is 13.8. The van der Waals surface area contributed by atoms with Crippen LogP contribution in [0.15, 0.2) is 42.5 Å². The quantitative estimate of drug-likeness (QED) is 0.798. The number of aryl methyl sites for hydroxylation is 2. The molecular weight excluding hydrogens is 322 g/mol. The zero-order valence-electron chi connectivity index (χ0n) is 17.0. The fourth-order valence-corrected chi connectivity index (χ4v) is 2.76. The largest absolute Gasteiger partial charge is 0.481 e. The van der Waals surface area contributed by atoms with E-state index >= 15 is 0 Å². The average Bonchev–Trinajstić information content (AvgIpc) is 2.57. The van der Waals surface area contributed by atoms with Crippen LogP contribution in [0.3, 0.4) is 0 Å². The van der Waals surface area contributed by atoms with E-state index < -0.39 is 6.10 Å². The maximum atomic E-state index is 12.5. The van der Waals surface area contributed by atoms with Crippen LogP contribution >= 0.6 is 0 Å². The molecule has 0 spiro atoms. The highest BCUT2D eigenvalue weighted by Gasteiger charge is 2.19. The number of benzene rings is 2. The molecule has 0 aliphatic heterocycles. The number of carbonyl (C=O) groups excluding carboxylic acids is 1. The SMILES string of the molecule is Cc1ccc(C)c(OC(C)C(=O)NC(C)c2ccc(C(C)(C)C)cc2)c1. The van der Waals surface area contributed by atoms with Gasteiger partial charge in [-0.05, 0) is 61.4 Å². The van der Waals surface area contributed by atoms with Crippen LogP contribution in [0.25, 0.3) is 0 Å². The van der Waals surface area contributed by atoms with Crippen LogP contribution in [-0.2, 0) is 10.2 Å². The molecule has 3 nitrogen and oxygen atoms in total. The number of carbonyl (C=O) groups is 1. The van der Waals surface area contributed by atoms with Gasteiger partial charge in [0.25, 0.3) is 5.91 Å². The minimum Gasteiger partial charge on any atom is -0.481 e. The fraction of sp³-hybridized carbons (Fsp3) is 0.435. The predicted octanol–water partition coefficient (Wildman–Crippen LogP) is 5.25. The molecule has 0 aliphatic rings. The van der Waals surface area contributed by atoms with Gasteiger partial charge in [0.05, 0.1) is 6.04 Å². The molecule has 1 N–H and O–H groups in total. The van der Waals surface area contributed by atoms with Crippen LogP contribution < -0.4 is 10.1 Å². The van der Waals surface area contributed by atoms with E-state index in [1.165, 1.54) is 5.56 Å². The van der Waals surface area contributed by atoms with Crippen molar-refractivity contribution >= 4 is 5.91 Å². The Bertz CT molecular complexity index is 757. The summed E-state index contributed by atoms with van der Waals surface area (Å²) in [5.41, 5.74) is 4.64. The maximum Gasteiger partial charge on any atom is 0.261 e. The van der Waals surface area contributed by atoms with Crippen molar-refractivity contribution in [2.45, 2.75) is 66.0 Å². The summed E-state index contributed by atoms with van der Waals surface area (Å²) in [5, 5.41) is 3.04. The Kier molecular flexibility index (Phi) is 6.12. The molecule has 2 rings (SSSR count). The molecular formula is C23H31NO2. The number of ether oxygens (including phenoxy) is 1. The molecule has 0 aliphatic carbocycles. The monoisotopic (exact) mass is 353 g/mol. The van der Waals surface area contributed by atoms with Crippen molar-refractivity contribution in [1.29, 1.82) is 0 Å². The van der Waals surface area contributed by atoms with Crippen LogP contribution in [0.4, 0.5) is 0 Å². The Labute approximate surface area is 157 Å². The summed E-state index contributed by atoms with van der Waals surface area (Å²) in [6.07, 6.45) is -0.549. The zero-order chi connectivity index (χ0) is 19.5. The Balaban J connectivity index is 2.00. The summed E-state index contributed by atoms with van der Waals surface area (Å²) in [4.78, 5) is 12.5. The Morgan fingerprint density at radius 2 is 1.62 bits per heavy atom. The lowest BCUT2D eigenvalue weighted by Gasteiger charge is -2.22. The topological polar surface area (TPSA) is 38.3 Å². The van der Waals surface area contributed by atoms with Gasteiger partial charge in [0.2, 0.25) is 0 Å². The molecule has 0 aromatic heterocycles. The van der Waals surface area contributed by atoms with E-state index in [2.05, 4.69) is 50.4 Å². The second-order valence-electron chi connectivity index (χ2n) is 8.13. The Morgan fingerprint density at radius 1 is 1.00 bits per heavy atom. The summed E-state index contributed by atoms with van der Waals surface area (Å²) in [7, 11) is 0. The van der Waals surface area contributed by atoms with Gasteiger partial charge in [0, 0.05) is 0 Å². The smallest absolute Gasteiger partial charge is 0.261 e. The third kappa shape index (κ3) is 5.10. The van der Waals surface area contributed by atoms with E-state index in [1.807, 2.05) is 39.0 Å². The van der Waals surface area contributed by atoms with Gasteiger partial charge in [0.1, 0.15) is 5.75 Å². The maximum absolute atomic E-state index is 12.5. The van der Waals surface area contributed by atoms with Gasteiger partial charge in [-0.1, -0.05) is 57.2 Å². The Hall–Kier alpha value is -2.29. The zero-order valence-corrected chi connectivity index (χ0v) is 17.0. The second kappa shape index (κ2) is 7.94. The van der Waals surface area contributed by atoms with E-state index in [9.17, 15) is 4.79 Å². The first-order valence-electron chi connectivity index (χ1n) is 9.22. The number of hydrogen-bond acceptors (Lipinski definition) is 2. The third-order valence-corrected chi connectivity index (χ3v) is 4.65. The molecule has 0 bridgehead atoms. The van der Waals surface area contributed by atoms with Crippen LogP contribution in [0.1, 0.15) is 62.9 Å². The van der Waals surface area contributed by atoms with Crippen molar-refractivity contribution < 1.29 is 9.53 Å². The first-order chi connectivity index (χ1) is 12.1. The lowest BCUT2D eigenvalue weighted by molar-refractivity contribution is -0.127. The van der Waals surface area contributed by atoms with Gasteiger partial charge in [-0.3, -0.25) is 4.79 Å². The molecule has 2 unspecified atom stereocenters. The van der Waals surface area contributed by atoms with Gasteiger partial charge in [-0.15, -0.1) is 0 Å². The van der Waals surface area contributed by atoms with Crippen molar-refractivity contribution in [3.05, 3.63) is 64.7 Å². The summed E-state index contributed by atoms with van der Waals surface area (Å²) < 4.78 is 5.88. The van der Waals surface area contributed by atoms with Crippen molar-refractivity contribution in [2.24, 2.45) is 0 Å². The van der Waals surface area contributed by atoms with E-state index in [1.54, 1.807) is 6.92 Å². The minimum absolute atomic E-state index is 0.0684. The molecule has 0 heterocycles. The first kappa shape index (κ1) is 20.0. The Morgan fingerprint density at radius 3 is 2.19 bits per heavy atom. The van der Waals surface area contributed by atoms with E-state index in [0.717, 1.165) is 22.4 Å². The number of amides is 1. The van der Waals surface area contributed by atoms with Gasteiger partial charge < -0.3 is 10.1 Å². The van der Waals surface area contributed by atoms with E-state index in [4.69, 9.17) is 4.74 Å². The standard InChI is InChI=1S/C23H31NO2/c1-15-8-9-16(2)21(14-15)26-18(4)22(25)24-17(3)19-10-12-20(13-11-19)23(5,6)7/h8-14,17-18H,1-7H3,(H,24,25). The predicted molar refractivity (Wildman–Crippen MR) is 108 cm³/mol. The van der Waals surface area contributed by atoms with E-state index in [-0.39, 0.29) is 17.4 Å². The van der Waals surface area contributed by atoms with Crippen molar-refractivity contribution in [2.75, 3.05) is 0 Å². The summed E-state index contributed by atoms with van der Waals surface area (Å²) in [6.45, 7) is 14.4. The number of nitrogens with one attached hydrogen (secondary N) is 1. The third-order valence-electron chi connectivity index (χ3n) is 4.65. The molecule has 2 aromatic rings. The highest BCUT2D eigenvalue weighted by atomic mass is 16.5. The fourth-order valence-electron chi connectivity index (χ4n) is 2.76. The van der Waals surface area contributed by atoms with Gasteiger partial charge in [-0.2, -0.15) is 0 Å². The van der Waals surface area contributed by atoms with Crippen molar-refractivity contribution in [3.8, 4) is 5.75 Å². The molecule has 1 amide bonds. The highest BCUT2D eigenvalue weighted by Crippen LogP contribution is 2.24. The lowest BCUT2D eigenvalue weighted by atomic mass is 9.86. The number of hydrogen-bond donors (Lipinski definition) is 1. The van der Waals surface area contributed by atoms with Gasteiger partial charge in [0.15, 0.2) is 6.10 Å². The summed E-state index contributed by atoms with van der Waals surface area (Å²) in [5.74, 6) is 0.646. The highest BCUT2D eigenvalue weighted by molar-refractivity contribution is 5.81. The molecule has 2 aromatic carbocycles. The number of rotatable bonds is 5. The van der Waals surface area contributed by atoms with E-state index in [0.29, 0.717) is 0 Å². The lowest BCUT2D eigenvalue weighted by Crippen LogP contribution is -2.37. The van der Waals surface area contributed by atoms with Crippen molar-refractivity contribution in [1.82, 2.24) is 5.32 Å². The second-order valence-corrected chi connectivity index (χ2v) is 8.13. The first-order valence-corrected chi connectivity index (χ1v) is 9.22. The van der Waals surface area contributed by atoms with Crippen LogP contribution in [0, 0.1) is 13.8 Å². The average molecular weight is 354 g/mol. The molecule has 26 heavy (non-hydrogen) atoms. The molecule has 3 heteroatoms. The van der Waals surface area contributed by atoms with Crippen LogP contribution in [0.2, 0.25) is 0 Å².